The number of nitrogens with zero attached hydrogens (tertiary/aromatic N) is 5. The third-order valence-electron chi connectivity index (χ3n) is 7.08. The zero-order chi connectivity index (χ0) is 22.3. The third-order valence-corrected chi connectivity index (χ3v) is 7.35. The topological polar surface area (TPSA) is 110 Å². The average Bonchev–Trinajstić information content (AvgIpc) is 3.41. The maximum absolute atomic E-state index is 6.86. The van der Waals surface area contributed by atoms with Crippen LogP contribution in [-0.4, -0.2) is 36.0 Å². The Bertz CT molecular complexity index is 1090. The van der Waals surface area contributed by atoms with Crippen molar-refractivity contribution in [2.24, 2.45) is 18.7 Å². The summed E-state index contributed by atoms with van der Waals surface area (Å²) in [5.74, 6) is 1.43. The van der Waals surface area contributed by atoms with Gasteiger partial charge >= 0.3 is 0 Å². The van der Waals surface area contributed by atoms with Gasteiger partial charge in [0.15, 0.2) is 0 Å². The van der Waals surface area contributed by atoms with Gasteiger partial charge in [0.05, 0.1) is 28.6 Å². The number of rotatable bonds is 7. The third kappa shape index (κ3) is 4.31. The number of H-pyrrole nitrogens is 1. The lowest BCUT2D eigenvalue weighted by Gasteiger charge is -2.36. The van der Waals surface area contributed by atoms with Crippen LogP contribution in [0.3, 0.4) is 0 Å². The first-order chi connectivity index (χ1) is 15.4. The van der Waals surface area contributed by atoms with Crippen molar-refractivity contribution in [3.05, 3.63) is 46.4 Å². The second-order valence-electron chi connectivity index (χ2n) is 9.50. The van der Waals surface area contributed by atoms with Gasteiger partial charge in [0.1, 0.15) is 5.82 Å². The lowest BCUT2D eigenvalue weighted by Crippen LogP contribution is -2.46. The van der Waals surface area contributed by atoms with E-state index >= 15 is 0 Å². The Balaban J connectivity index is 1.31. The minimum absolute atomic E-state index is 0.427. The normalized spacial score (nSPS) is 23.6. The molecule has 3 aromatic heterocycles. The molecule has 5 rings (SSSR count). The molecule has 3 heterocycles. The molecule has 2 aliphatic rings. The largest absolute Gasteiger partial charge is 0.319 e. The van der Waals surface area contributed by atoms with E-state index in [0.717, 1.165) is 61.5 Å². The minimum atomic E-state index is -0.540. The number of hydrogen-bond acceptors (Lipinski definition) is 6. The number of nitrogens with one attached hydrogen (secondary N) is 2. The average molecular weight is 455 g/mol. The van der Waals surface area contributed by atoms with Crippen LogP contribution >= 0.6 is 11.6 Å². The molecule has 32 heavy (non-hydrogen) atoms. The molecule has 9 heteroatoms. The van der Waals surface area contributed by atoms with Crippen molar-refractivity contribution in [1.82, 2.24) is 35.3 Å². The molecule has 0 bridgehead atoms. The van der Waals surface area contributed by atoms with Crippen LogP contribution in [0.1, 0.15) is 61.3 Å². The fourth-order valence-electron chi connectivity index (χ4n) is 4.66. The summed E-state index contributed by atoms with van der Waals surface area (Å²) in [6.07, 6.45) is 12.7. The molecule has 0 unspecified atom stereocenters. The number of halogens is 1. The van der Waals surface area contributed by atoms with E-state index in [1.165, 1.54) is 24.1 Å². The van der Waals surface area contributed by atoms with E-state index in [1.807, 2.05) is 31.0 Å². The Morgan fingerprint density at radius 3 is 2.69 bits per heavy atom. The van der Waals surface area contributed by atoms with Crippen LogP contribution in [-0.2, 0) is 25.6 Å². The van der Waals surface area contributed by atoms with Gasteiger partial charge in [-0.1, -0.05) is 11.6 Å². The quantitative estimate of drug-likeness (QED) is 0.504. The molecule has 3 aromatic rings. The first-order valence-corrected chi connectivity index (χ1v) is 11.9. The molecule has 2 aliphatic carbocycles. The molecule has 2 fully saturated rings. The van der Waals surface area contributed by atoms with E-state index in [9.17, 15) is 0 Å². The molecular formula is C23H31ClN8. The van der Waals surface area contributed by atoms with Crippen molar-refractivity contribution in [1.29, 1.82) is 0 Å². The molecule has 0 atom stereocenters. The van der Waals surface area contributed by atoms with E-state index in [4.69, 9.17) is 22.3 Å². The van der Waals surface area contributed by atoms with Gasteiger partial charge in [0.25, 0.3) is 0 Å². The summed E-state index contributed by atoms with van der Waals surface area (Å²) in [5, 5.41) is 15.8. The van der Waals surface area contributed by atoms with Gasteiger partial charge in [0, 0.05) is 48.3 Å². The van der Waals surface area contributed by atoms with E-state index < -0.39 is 5.54 Å². The smallest absolute Gasteiger partial charge is 0.148 e. The number of nitrogens with two attached hydrogens (primary N) is 1. The summed E-state index contributed by atoms with van der Waals surface area (Å²) < 4.78 is 1.95. The van der Waals surface area contributed by atoms with Crippen LogP contribution in [0.25, 0.3) is 11.3 Å². The first kappa shape index (κ1) is 21.6. The Hall–Kier alpha value is -2.29. The van der Waals surface area contributed by atoms with Gasteiger partial charge in [-0.2, -0.15) is 10.2 Å². The summed E-state index contributed by atoms with van der Waals surface area (Å²) in [6.45, 7) is 2.86. The highest BCUT2D eigenvalue weighted by Crippen LogP contribution is 2.38. The fourth-order valence-corrected chi connectivity index (χ4v) is 4.86. The van der Waals surface area contributed by atoms with Gasteiger partial charge in [0.2, 0.25) is 0 Å². The van der Waals surface area contributed by atoms with Gasteiger partial charge in [-0.15, -0.1) is 0 Å². The minimum Gasteiger partial charge on any atom is -0.319 e. The number of hydrogen-bond donors (Lipinski definition) is 3. The number of aromatic nitrogens is 6. The van der Waals surface area contributed by atoms with Crippen LogP contribution < -0.4 is 11.1 Å². The summed E-state index contributed by atoms with van der Waals surface area (Å²) >= 11 is 6.55. The molecule has 4 N–H and O–H groups in total. The number of aromatic amines is 1. The predicted octanol–water partition coefficient (Wildman–Crippen LogP) is 3.40. The molecule has 0 saturated heterocycles. The Morgan fingerprint density at radius 1 is 1.22 bits per heavy atom. The highest BCUT2D eigenvalue weighted by atomic mass is 35.5. The molecule has 0 amide bonds. The van der Waals surface area contributed by atoms with Crippen LogP contribution in [0.5, 0.6) is 0 Å². The fraction of sp³-hybridized carbons (Fsp3) is 0.565. The maximum atomic E-state index is 6.86. The Labute approximate surface area is 193 Å². The van der Waals surface area contributed by atoms with E-state index in [-0.39, 0.29) is 0 Å². The lowest BCUT2D eigenvalue weighted by atomic mass is 9.79. The van der Waals surface area contributed by atoms with Crippen molar-refractivity contribution in [2.45, 2.75) is 70.0 Å². The zero-order valence-electron chi connectivity index (χ0n) is 18.7. The predicted molar refractivity (Wildman–Crippen MR) is 124 cm³/mol. The lowest BCUT2D eigenvalue weighted by molar-refractivity contribution is 0.240. The van der Waals surface area contributed by atoms with Crippen molar-refractivity contribution < 1.29 is 0 Å². The van der Waals surface area contributed by atoms with E-state index in [0.29, 0.717) is 16.9 Å². The molecule has 0 spiro atoms. The van der Waals surface area contributed by atoms with Crippen molar-refractivity contribution in [3.8, 4) is 11.3 Å². The second-order valence-corrected chi connectivity index (χ2v) is 9.90. The van der Waals surface area contributed by atoms with Gasteiger partial charge in [-0.3, -0.25) is 9.78 Å². The van der Waals surface area contributed by atoms with Crippen molar-refractivity contribution in [3.63, 3.8) is 0 Å². The maximum Gasteiger partial charge on any atom is 0.148 e. The van der Waals surface area contributed by atoms with Crippen LogP contribution in [0, 0.1) is 12.8 Å². The summed E-state index contributed by atoms with van der Waals surface area (Å²) in [4.78, 5) is 9.47. The SMILES string of the molecule is Cc1[nH]ncc1CNC1CCC(N)(c2ncc(Cl)c(-c3cnn(C)c3CC3CC3)n2)CC1. The molecule has 8 nitrogen and oxygen atoms in total. The monoisotopic (exact) mass is 454 g/mol. The highest BCUT2D eigenvalue weighted by Gasteiger charge is 2.36. The molecule has 170 valence electrons. The molecule has 2 saturated carbocycles. The molecule has 0 aliphatic heterocycles. The zero-order valence-corrected chi connectivity index (χ0v) is 19.5. The van der Waals surface area contributed by atoms with Gasteiger partial charge in [-0.05, 0) is 57.8 Å². The molecule has 0 aromatic carbocycles. The number of aryl methyl sites for hydroxylation is 2. The summed E-state index contributed by atoms with van der Waals surface area (Å²) in [7, 11) is 1.99. The first-order valence-electron chi connectivity index (χ1n) is 11.5. The second kappa shape index (κ2) is 8.57. The Morgan fingerprint density at radius 2 is 2.00 bits per heavy atom. The van der Waals surface area contributed by atoms with E-state index in [2.05, 4.69) is 25.6 Å². The van der Waals surface area contributed by atoms with Crippen LogP contribution in [0.15, 0.2) is 18.6 Å². The van der Waals surface area contributed by atoms with E-state index in [1.54, 1.807) is 6.20 Å². The van der Waals surface area contributed by atoms with Crippen LogP contribution in [0.4, 0.5) is 0 Å². The Kier molecular flexibility index (Phi) is 5.77. The summed E-state index contributed by atoms with van der Waals surface area (Å²) in [6, 6.07) is 0.427. The van der Waals surface area contributed by atoms with Crippen LogP contribution in [0.2, 0.25) is 5.02 Å². The molecule has 0 radical (unpaired) electrons. The standard InChI is InChI=1S/C23H31ClN8/c1-14-16(11-28-31-14)10-26-17-5-7-23(25,8-6-17)22-27-13-19(24)21(30-22)18-12-29-32(2)20(18)9-15-3-4-15/h11-13,15,17,26H,3-10,25H2,1-2H3,(H,28,31). The molecular weight excluding hydrogens is 424 g/mol. The highest BCUT2D eigenvalue weighted by molar-refractivity contribution is 6.32. The van der Waals surface area contributed by atoms with Gasteiger partial charge in [-0.25, -0.2) is 9.97 Å². The van der Waals surface area contributed by atoms with Crippen molar-refractivity contribution in [2.75, 3.05) is 0 Å². The van der Waals surface area contributed by atoms with Crippen molar-refractivity contribution >= 4 is 11.6 Å². The van der Waals surface area contributed by atoms with Gasteiger partial charge < -0.3 is 11.1 Å². The summed E-state index contributed by atoms with van der Waals surface area (Å²) in [5.41, 5.74) is 11.6.